The van der Waals surface area contributed by atoms with Crippen molar-refractivity contribution in [3.05, 3.63) is 0 Å². The Labute approximate surface area is 88.8 Å². The summed E-state index contributed by atoms with van der Waals surface area (Å²) in [6.07, 6.45) is 0.830. The Balaban J connectivity index is 3.11. The summed E-state index contributed by atoms with van der Waals surface area (Å²) in [5, 5.41) is 0. The molecule has 0 N–H and O–H groups in total. The first-order valence-electron chi connectivity index (χ1n) is 4.12. The van der Waals surface area contributed by atoms with Gasteiger partial charge in [-0.05, 0) is 51.2 Å². The van der Waals surface area contributed by atoms with Gasteiger partial charge in [0, 0.05) is 0 Å². The molecule has 1 rings (SSSR count). The Morgan fingerprint density at radius 2 is 1.69 bits per heavy atom. The van der Waals surface area contributed by atoms with E-state index >= 15 is 0 Å². The van der Waals surface area contributed by atoms with Gasteiger partial charge in [-0.3, -0.25) is 0 Å². The second kappa shape index (κ2) is 3.09. The molecule has 0 radical (unpaired) electrons. The average molecular weight is 225 g/mol. The van der Waals surface area contributed by atoms with Crippen molar-refractivity contribution in [1.29, 1.82) is 0 Å². The lowest BCUT2D eigenvalue weighted by Crippen LogP contribution is -2.44. The Bertz CT molecular complexity index is 230. The van der Waals surface area contributed by atoms with Crippen LogP contribution in [0.1, 0.15) is 27.7 Å². The fourth-order valence-electron chi connectivity index (χ4n) is 1.74. The molecule has 5 heteroatoms. The molecule has 1 saturated heterocycles. The van der Waals surface area contributed by atoms with Crippen LogP contribution in [0.4, 0.5) is 0 Å². The van der Waals surface area contributed by atoms with Crippen LogP contribution in [0.15, 0.2) is 0 Å². The molecular weight excluding hydrogens is 211 g/mol. The normalized spacial score (nSPS) is 33.5. The number of hydrogen-bond donors (Lipinski definition) is 0. The van der Waals surface area contributed by atoms with Crippen LogP contribution in [0.5, 0.6) is 0 Å². The lowest BCUT2D eigenvalue weighted by Gasteiger charge is -2.33. The average Bonchev–Trinajstić information content (AvgIpc) is 2.12. The molecule has 0 aromatic carbocycles. The van der Waals surface area contributed by atoms with E-state index in [0.29, 0.717) is 0 Å². The van der Waals surface area contributed by atoms with Crippen molar-refractivity contribution < 1.29 is 4.79 Å². The first kappa shape index (κ1) is 11.2. The van der Waals surface area contributed by atoms with Gasteiger partial charge in [0.2, 0.25) is 0 Å². The van der Waals surface area contributed by atoms with Crippen LogP contribution in [0.3, 0.4) is 0 Å². The molecule has 0 spiro atoms. The molecule has 13 heavy (non-hydrogen) atoms. The Morgan fingerprint density at radius 3 is 1.85 bits per heavy atom. The summed E-state index contributed by atoms with van der Waals surface area (Å²) in [4.78, 5) is 10.9. The van der Waals surface area contributed by atoms with Crippen LogP contribution < -0.4 is 0 Å². The van der Waals surface area contributed by atoms with Crippen LogP contribution in [-0.4, -0.2) is 32.4 Å². The van der Waals surface area contributed by atoms with Gasteiger partial charge in [0.1, 0.15) is 12.3 Å². The second-order valence-electron chi connectivity index (χ2n) is 4.32. The third kappa shape index (κ3) is 1.38. The van der Waals surface area contributed by atoms with E-state index in [1.807, 2.05) is 27.7 Å². The molecular formula is C8H14Cl2N2O. The zero-order chi connectivity index (χ0) is 10.4. The van der Waals surface area contributed by atoms with Crippen LogP contribution in [0, 0.1) is 0 Å². The van der Waals surface area contributed by atoms with E-state index in [9.17, 15) is 4.79 Å². The van der Waals surface area contributed by atoms with Crippen LogP contribution in [0.25, 0.3) is 0 Å². The van der Waals surface area contributed by atoms with Gasteiger partial charge in [-0.15, -0.1) is 0 Å². The van der Waals surface area contributed by atoms with E-state index in [2.05, 4.69) is 0 Å². The molecule has 0 saturated carbocycles. The molecule has 0 amide bonds. The van der Waals surface area contributed by atoms with Gasteiger partial charge in [-0.2, -0.15) is 8.84 Å². The number of hydrogen-bond acceptors (Lipinski definition) is 3. The summed E-state index contributed by atoms with van der Waals surface area (Å²) >= 11 is 12.1. The van der Waals surface area contributed by atoms with Gasteiger partial charge < -0.3 is 4.79 Å². The third-order valence-corrected chi connectivity index (χ3v) is 4.08. The molecule has 1 heterocycles. The lowest BCUT2D eigenvalue weighted by molar-refractivity contribution is -0.111. The van der Waals surface area contributed by atoms with Crippen LogP contribution in [-0.2, 0) is 4.79 Å². The number of carbonyl (C=O) groups is 1. The quantitative estimate of drug-likeness (QED) is 0.503. The van der Waals surface area contributed by atoms with Crippen molar-refractivity contribution in [3.63, 3.8) is 0 Å². The maximum absolute atomic E-state index is 10.9. The van der Waals surface area contributed by atoms with Crippen LogP contribution >= 0.6 is 23.6 Å². The highest BCUT2D eigenvalue weighted by molar-refractivity contribution is 6.18. The van der Waals surface area contributed by atoms with Crippen molar-refractivity contribution in [1.82, 2.24) is 8.84 Å². The molecule has 0 aliphatic carbocycles. The minimum Gasteiger partial charge on any atom is -0.301 e. The van der Waals surface area contributed by atoms with Crippen LogP contribution in [0.2, 0.25) is 0 Å². The van der Waals surface area contributed by atoms with E-state index in [0.717, 1.165) is 6.29 Å². The Kier molecular flexibility index (Phi) is 2.67. The SMILES string of the molecule is CC1(C)C(C=O)N(Cl)C(C)(C)N1Cl. The minimum absolute atomic E-state index is 0.387. The Hall–Kier alpha value is 0.170. The summed E-state index contributed by atoms with van der Waals surface area (Å²) in [5.41, 5.74) is -0.966. The maximum atomic E-state index is 10.9. The van der Waals surface area contributed by atoms with E-state index in [1.165, 1.54) is 4.42 Å². The third-order valence-electron chi connectivity index (χ3n) is 2.61. The number of aldehydes is 1. The first-order valence-corrected chi connectivity index (χ1v) is 4.80. The second-order valence-corrected chi connectivity index (χ2v) is 5.02. The number of nitrogens with zero attached hydrogens (tertiary/aromatic N) is 2. The van der Waals surface area contributed by atoms with E-state index in [1.54, 1.807) is 4.42 Å². The zero-order valence-electron chi connectivity index (χ0n) is 8.21. The van der Waals surface area contributed by atoms with Crippen molar-refractivity contribution in [2.45, 2.75) is 44.9 Å². The van der Waals surface area contributed by atoms with E-state index in [4.69, 9.17) is 23.6 Å². The van der Waals surface area contributed by atoms with Crippen molar-refractivity contribution in [2.75, 3.05) is 0 Å². The minimum atomic E-state index is -0.516. The monoisotopic (exact) mass is 224 g/mol. The highest BCUT2D eigenvalue weighted by Crippen LogP contribution is 2.43. The van der Waals surface area contributed by atoms with Crippen molar-refractivity contribution >= 4 is 29.8 Å². The van der Waals surface area contributed by atoms with Gasteiger partial charge in [0.25, 0.3) is 0 Å². The highest BCUT2D eigenvalue weighted by Gasteiger charge is 2.56. The topological polar surface area (TPSA) is 23.6 Å². The lowest BCUT2D eigenvalue weighted by atomic mass is 9.98. The predicted molar refractivity (Wildman–Crippen MR) is 53.4 cm³/mol. The number of carbonyl (C=O) groups excluding carboxylic acids is 1. The molecule has 0 bridgehead atoms. The summed E-state index contributed by atoms with van der Waals surface area (Å²) in [6, 6.07) is -0.387. The highest BCUT2D eigenvalue weighted by atomic mass is 35.5. The number of halogens is 2. The van der Waals surface area contributed by atoms with Crippen molar-refractivity contribution in [3.8, 4) is 0 Å². The molecule has 0 aromatic rings. The molecule has 1 atom stereocenters. The van der Waals surface area contributed by atoms with Crippen molar-refractivity contribution in [2.24, 2.45) is 0 Å². The van der Waals surface area contributed by atoms with Gasteiger partial charge in [-0.25, -0.2) is 0 Å². The smallest absolute Gasteiger partial charge is 0.140 e. The van der Waals surface area contributed by atoms with Gasteiger partial charge in [-0.1, -0.05) is 0 Å². The molecule has 1 aliphatic heterocycles. The zero-order valence-corrected chi connectivity index (χ0v) is 9.73. The summed E-state index contributed by atoms with van der Waals surface area (Å²) in [5.74, 6) is 0. The van der Waals surface area contributed by atoms with E-state index in [-0.39, 0.29) is 6.04 Å². The molecule has 1 fully saturated rings. The standard InChI is InChI=1S/C8H14Cl2N2O/c1-7(2)6(5-13)11(9)8(3,4)12(7)10/h5-6H,1-4H3. The predicted octanol–water partition coefficient (Wildman–Crippen LogP) is 1.99. The van der Waals surface area contributed by atoms with E-state index < -0.39 is 11.2 Å². The summed E-state index contributed by atoms with van der Waals surface area (Å²) < 4.78 is 3.05. The Morgan fingerprint density at radius 1 is 1.23 bits per heavy atom. The fraction of sp³-hybridized carbons (Fsp3) is 0.875. The molecule has 76 valence electrons. The largest absolute Gasteiger partial charge is 0.301 e. The van der Waals surface area contributed by atoms with Gasteiger partial charge in [0.05, 0.1) is 11.2 Å². The first-order chi connectivity index (χ1) is 5.76. The van der Waals surface area contributed by atoms with Gasteiger partial charge in [0.15, 0.2) is 0 Å². The molecule has 3 nitrogen and oxygen atoms in total. The molecule has 1 unspecified atom stereocenters. The van der Waals surface area contributed by atoms with Gasteiger partial charge >= 0.3 is 0 Å². The summed E-state index contributed by atoms with van der Waals surface area (Å²) in [6.45, 7) is 7.53. The molecule has 1 aliphatic rings. The molecule has 0 aromatic heterocycles. The fourth-order valence-corrected chi connectivity index (χ4v) is 2.32. The summed E-state index contributed by atoms with van der Waals surface area (Å²) in [7, 11) is 0. The maximum Gasteiger partial charge on any atom is 0.140 e. The number of rotatable bonds is 1.